The van der Waals surface area contributed by atoms with Crippen LogP contribution in [0.1, 0.15) is 15.9 Å². The van der Waals surface area contributed by atoms with Gasteiger partial charge in [0.15, 0.2) is 23.3 Å². The molecule has 0 aromatic heterocycles. The molecule has 2 nitrogen and oxygen atoms in total. The summed E-state index contributed by atoms with van der Waals surface area (Å²) in [6, 6.07) is 0. The van der Waals surface area contributed by atoms with Gasteiger partial charge in [-0.3, -0.25) is 4.79 Å². The Kier molecular flexibility index (Phi) is 4.09. The van der Waals surface area contributed by atoms with E-state index in [1.54, 1.807) is 0 Å². The van der Waals surface area contributed by atoms with Gasteiger partial charge in [0.2, 0.25) is 0 Å². The van der Waals surface area contributed by atoms with Gasteiger partial charge >= 0.3 is 0 Å². The maximum Gasteiger partial charge on any atom is 0.254 e. The molecule has 0 bridgehead atoms. The number of benzene rings is 1. The molecule has 0 saturated heterocycles. The van der Waals surface area contributed by atoms with Crippen LogP contribution in [0.4, 0.5) is 17.6 Å². The van der Waals surface area contributed by atoms with Crippen LogP contribution in [0.5, 0.6) is 0 Å². The minimum absolute atomic E-state index is 0. The maximum atomic E-state index is 12.9. The van der Waals surface area contributed by atoms with E-state index in [4.69, 9.17) is 0 Å². The van der Waals surface area contributed by atoms with E-state index in [9.17, 15) is 22.4 Å². The molecule has 0 aliphatic heterocycles. The fraction of sp³-hybridized carbons (Fsp3) is 0.125. The quantitative estimate of drug-likeness (QED) is 0.596. The first-order chi connectivity index (χ1) is 6.37. The largest absolute Gasteiger partial charge is 0.365 e. The Bertz CT molecular complexity index is 393. The number of carbonyl (C=O) groups excluding carboxylic acids is 1. The van der Waals surface area contributed by atoms with Gasteiger partial charge < -0.3 is 5.73 Å². The van der Waals surface area contributed by atoms with Crippen LogP contribution >= 0.6 is 12.4 Å². The van der Waals surface area contributed by atoms with Crippen molar-refractivity contribution in [2.45, 2.75) is 6.92 Å². The van der Waals surface area contributed by atoms with Crippen molar-refractivity contribution in [2.75, 3.05) is 0 Å². The third-order valence-corrected chi connectivity index (χ3v) is 1.73. The number of hydrogen-bond donors (Lipinski definition) is 1. The SMILES string of the molecule is Cc1c(F)c(F)c(C(N)=O)c(F)c1F.Cl. The number of primary amides is 1. The topological polar surface area (TPSA) is 43.1 Å². The van der Waals surface area contributed by atoms with Crippen LogP contribution in [0.3, 0.4) is 0 Å². The van der Waals surface area contributed by atoms with Gasteiger partial charge in [-0.15, -0.1) is 12.4 Å². The predicted octanol–water partition coefficient (Wildman–Crippen LogP) is 2.07. The monoisotopic (exact) mass is 243 g/mol. The molecule has 1 rings (SSSR count). The minimum Gasteiger partial charge on any atom is -0.365 e. The Morgan fingerprint density at radius 1 is 1.00 bits per heavy atom. The Labute approximate surface area is 88.5 Å². The fourth-order valence-electron chi connectivity index (χ4n) is 0.958. The van der Waals surface area contributed by atoms with Crippen molar-refractivity contribution in [1.29, 1.82) is 0 Å². The number of nitrogens with two attached hydrogens (primary N) is 1. The Morgan fingerprint density at radius 2 is 1.33 bits per heavy atom. The van der Waals surface area contributed by atoms with Crippen LogP contribution in [0.2, 0.25) is 0 Å². The van der Waals surface area contributed by atoms with Crippen molar-refractivity contribution >= 4 is 18.3 Å². The molecule has 0 radical (unpaired) electrons. The second-order valence-electron chi connectivity index (χ2n) is 2.62. The van der Waals surface area contributed by atoms with E-state index >= 15 is 0 Å². The lowest BCUT2D eigenvalue weighted by Crippen LogP contribution is -2.18. The van der Waals surface area contributed by atoms with Crippen LogP contribution in [-0.4, -0.2) is 5.91 Å². The summed E-state index contributed by atoms with van der Waals surface area (Å²) in [7, 11) is 0. The second-order valence-corrected chi connectivity index (χ2v) is 2.62. The first-order valence-corrected chi connectivity index (χ1v) is 3.50. The third kappa shape index (κ3) is 2.04. The lowest BCUT2D eigenvalue weighted by molar-refractivity contribution is 0.0989. The van der Waals surface area contributed by atoms with E-state index in [1.165, 1.54) is 0 Å². The van der Waals surface area contributed by atoms with Crippen molar-refractivity contribution < 1.29 is 22.4 Å². The van der Waals surface area contributed by atoms with Gasteiger partial charge in [0, 0.05) is 5.56 Å². The standard InChI is InChI=1S/C8H5F4NO.ClH/c1-2-4(9)6(11)3(8(13)14)7(12)5(2)10;/h1H3,(H2,13,14);1H. The zero-order chi connectivity index (χ0) is 11.0. The number of hydrogen-bond acceptors (Lipinski definition) is 1. The van der Waals surface area contributed by atoms with E-state index in [-0.39, 0.29) is 12.4 Å². The average molecular weight is 244 g/mol. The highest BCUT2D eigenvalue weighted by Crippen LogP contribution is 2.22. The molecule has 2 N–H and O–H groups in total. The molecule has 0 heterocycles. The summed E-state index contributed by atoms with van der Waals surface area (Å²) < 4.78 is 51.3. The molecular weight excluding hydrogens is 238 g/mol. The number of rotatable bonds is 1. The highest BCUT2D eigenvalue weighted by Gasteiger charge is 2.25. The van der Waals surface area contributed by atoms with E-state index in [2.05, 4.69) is 5.73 Å². The molecule has 0 aliphatic rings. The summed E-state index contributed by atoms with van der Waals surface area (Å²) in [6.45, 7) is 0.849. The molecule has 1 amide bonds. The average Bonchev–Trinajstić information content (AvgIpc) is 2.11. The summed E-state index contributed by atoms with van der Waals surface area (Å²) in [6.07, 6.45) is 0. The lowest BCUT2D eigenvalue weighted by atomic mass is 10.1. The highest BCUT2D eigenvalue weighted by molar-refractivity contribution is 5.93. The summed E-state index contributed by atoms with van der Waals surface area (Å²) in [5.74, 6) is -8.32. The Morgan fingerprint density at radius 3 is 1.60 bits per heavy atom. The predicted molar refractivity (Wildman–Crippen MR) is 46.8 cm³/mol. The summed E-state index contributed by atoms with van der Waals surface area (Å²) in [5.41, 5.74) is 2.32. The van der Waals surface area contributed by atoms with Crippen LogP contribution in [0, 0.1) is 30.2 Å². The van der Waals surface area contributed by atoms with E-state index in [0.29, 0.717) is 0 Å². The molecule has 84 valence electrons. The molecule has 0 unspecified atom stereocenters. The first-order valence-electron chi connectivity index (χ1n) is 3.50. The summed E-state index contributed by atoms with van der Waals surface area (Å²) in [4.78, 5) is 10.5. The van der Waals surface area contributed by atoms with Crippen molar-refractivity contribution in [3.8, 4) is 0 Å². The maximum absolute atomic E-state index is 12.9. The molecule has 0 saturated carbocycles. The highest BCUT2D eigenvalue weighted by atomic mass is 35.5. The minimum atomic E-state index is -1.77. The molecule has 0 atom stereocenters. The normalized spacial score (nSPS) is 9.67. The lowest BCUT2D eigenvalue weighted by Gasteiger charge is -2.06. The van der Waals surface area contributed by atoms with Gasteiger partial charge in [-0.05, 0) is 6.92 Å². The van der Waals surface area contributed by atoms with Gasteiger partial charge in [0.25, 0.3) is 5.91 Å². The fourth-order valence-corrected chi connectivity index (χ4v) is 0.958. The number of halogens is 5. The van der Waals surface area contributed by atoms with Gasteiger partial charge in [-0.25, -0.2) is 17.6 Å². The molecule has 0 spiro atoms. The smallest absolute Gasteiger partial charge is 0.254 e. The van der Waals surface area contributed by atoms with Crippen molar-refractivity contribution in [1.82, 2.24) is 0 Å². The zero-order valence-electron chi connectivity index (χ0n) is 7.41. The molecular formula is C8H6ClF4NO. The second kappa shape index (κ2) is 4.48. The summed E-state index contributed by atoms with van der Waals surface area (Å²) in [5, 5.41) is 0. The third-order valence-electron chi connectivity index (χ3n) is 1.73. The van der Waals surface area contributed by atoms with Gasteiger partial charge in [-0.2, -0.15) is 0 Å². The van der Waals surface area contributed by atoms with Crippen molar-refractivity contribution in [3.63, 3.8) is 0 Å². The van der Waals surface area contributed by atoms with Crippen LogP contribution < -0.4 is 5.73 Å². The number of carbonyl (C=O) groups is 1. The molecule has 0 fully saturated rings. The molecule has 7 heteroatoms. The number of amides is 1. The van der Waals surface area contributed by atoms with Crippen LogP contribution in [-0.2, 0) is 0 Å². The Balaban J connectivity index is 0.00000196. The van der Waals surface area contributed by atoms with Gasteiger partial charge in [0.1, 0.15) is 5.56 Å². The first kappa shape index (κ1) is 13.7. The van der Waals surface area contributed by atoms with Crippen LogP contribution in [0.15, 0.2) is 0 Å². The van der Waals surface area contributed by atoms with Gasteiger partial charge in [-0.1, -0.05) is 0 Å². The molecule has 1 aromatic rings. The van der Waals surface area contributed by atoms with E-state index in [0.717, 1.165) is 6.92 Å². The van der Waals surface area contributed by atoms with Crippen molar-refractivity contribution in [3.05, 3.63) is 34.4 Å². The summed E-state index contributed by atoms with van der Waals surface area (Å²) >= 11 is 0. The molecule has 1 aromatic carbocycles. The Hall–Kier alpha value is -1.30. The zero-order valence-corrected chi connectivity index (χ0v) is 8.22. The van der Waals surface area contributed by atoms with E-state index in [1.807, 2.05) is 0 Å². The molecule has 0 aliphatic carbocycles. The van der Waals surface area contributed by atoms with Crippen molar-refractivity contribution in [2.24, 2.45) is 5.73 Å². The molecule has 15 heavy (non-hydrogen) atoms. The van der Waals surface area contributed by atoms with Gasteiger partial charge in [0.05, 0.1) is 0 Å². The van der Waals surface area contributed by atoms with Crippen LogP contribution in [0.25, 0.3) is 0 Å². The van der Waals surface area contributed by atoms with E-state index < -0.39 is 40.3 Å².